The number of rotatable bonds is 4. The zero-order valence-corrected chi connectivity index (χ0v) is 9.91. The summed E-state index contributed by atoms with van der Waals surface area (Å²) in [7, 11) is 0. The topological polar surface area (TPSA) is 77.1 Å². The first-order valence-electron chi connectivity index (χ1n) is 5.49. The molecule has 0 spiro atoms. The molecule has 2 heterocycles. The number of hydrogen-bond acceptors (Lipinski definition) is 3. The monoisotopic (exact) mass is 247 g/mol. The van der Waals surface area contributed by atoms with Gasteiger partial charge in [-0.1, -0.05) is 0 Å². The average Bonchev–Trinajstić information content (AvgIpc) is 2.81. The van der Waals surface area contributed by atoms with E-state index >= 15 is 0 Å². The minimum Gasteiger partial charge on any atom is -0.477 e. The smallest absolute Gasteiger partial charge is 0.341 e. The van der Waals surface area contributed by atoms with Crippen LogP contribution in [-0.2, 0) is 13.1 Å². The third-order valence-corrected chi connectivity index (χ3v) is 2.76. The maximum absolute atomic E-state index is 11.9. The van der Waals surface area contributed by atoms with E-state index in [0.717, 1.165) is 5.69 Å². The largest absolute Gasteiger partial charge is 0.477 e. The fourth-order valence-corrected chi connectivity index (χ4v) is 1.75. The molecule has 0 atom stereocenters. The van der Waals surface area contributed by atoms with Gasteiger partial charge in [-0.3, -0.25) is 4.79 Å². The van der Waals surface area contributed by atoms with E-state index in [1.54, 1.807) is 31.7 Å². The van der Waals surface area contributed by atoms with Crippen LogP contribution in [0.25, 0.3) is 0 Å². The lowest BCUT2D eigenvalue weighted by Crippen LogP contribution is -2.29. The van der Waals surface area contributed by atoms with Crippen LogP contribution in [0.1, 0.15) is 16.1 Å². The van der Waals surface area contributed by atoms with Crippen molar-refractivity contribution in [2.75, 3.05) is 0 Å². The molecule has 6 nitrogen and oxygen atoms in total. The van der Waals surface area contributed by atoms with Gasteiger partial charge in [-0.25, -0.2) is 9.78 Å². The number of carbonyl (C=O) groups is 1. The molecule has 1 N–H and O–H groups in total. The van der Waals surface area contributed by atoms with Crippen LogP contribution in [0.15, 0.2) is 35.6 Å². The van der Waals surface area contributed by atoms with Gasteiger partial charge < -0.3 is 14.2 Å². The Kier molecular flexibility index (Phi) is 3.27. The van der Waals surface area contributed by atoms with E-state index in [2.05, 4.69) is 4.98 Å². The van der Waals surface area contributed by atoms with Crippen molar-refractivity contribution in [1.29, 1.82) is 0 Å². The fourth-order valence-electron chi connectivity index (χ4n) is 1.75. The molecule has 0 aliphatic carbocycles. The van der Waals surface area contributed by atoms with Crippen molar-refractivity contribution in [2.45, 2.75) is 20.0 Å². The van der Waals surface area contributed by atoms with Crippen molar-refractivity contribution in [2.24, 2.45) is 0 Å². The van der Waals surface area contributed by atoms with E-state index in [1.165, 1.54) is 10.6 Å². The second-order valence-corrected chi connectivity index (χ2v) is 3.95. The van der Waals surface area contributed by atoms with Gasteiger partial charge in [0.15, 0.2) is 0 Å². The van der Waals surface area contributed by atoms with Crippen LogP contribution in [0.4, 0.5) is 0 Å². The van der Waals surface area contributed by atoms with Gasteiger partial charge in [0.1, 0.15) is 5.56 Å². The molecule has 0 saturated carbocycles. The lowest BCUT2D eigenvalue weighted by molar-refractivity contribution is 0.0694. The Balaban J connectivity index is 2.29. The molecule has 0 fully saturated rings. The van der Waals surface area contributed by atoms with Crippen LogP contribution in [-0.4, -0.2) is 25.2 Å². The first kappa shape index (κ1) is 12.1. The molecule has 2 aromatic heterocycles. The van der Waals surface area contributed by atoms with Crippen LogP contribution >= 0.6 is 0 Å². The summed E-state index contributed by atoms with van der Waals surface area (Å²) in [5.41, 5.74) is 0.0685. The van der Waals surface area contributed by atoms with Crippen molar-refractivity contribution in [3.8, 4) is 0 Å². The number of imidazole rings is 1. The minimum atomic E-state index is -1.20. The van der Waals surface area contributed by atoms with E-state index in [0.29, 0.717) is 13.1 Å². The molecule has 0 aliphatic rings. The first-order valence-corrected chi connectivity index (χ1v) is 5.49. The minimum absolute atomic E-state index is 0.203. The Hall–Kier alpha value is -2.37. The van der Waals surface area contributed by atoms with Crippen LogP contribution in [0, 0.1) is 6.92 Å². The van der Waals surface area contributed by atoms with E-state index in [4.69, 9.17) is 5.11 Å². The second kappa shape index (κ2) is 4.87. The van der Waals surface area contributed by atoms with E-state index in [1.807, 2.05) is 4.57 Å². The molecule has 94 valence electrons. The summed E-state index contributed by atoms with van der Waals surface area (Å²) in [6.07, 6.45) is 5.10. The number of carboxylic acids is 1. The van der Waals surface area contributed by atoms with E-state index in [-0.39, 0.29) is 5.56 Å². The number of aromatic nitrogens is 3. The maximum atomic E-state index is 11.9. The van der Waals surface area contributed by atoms with E-state index in [9.17, 15) is 9.59 Å². The highest BCUT2D eigenvalue weighted by Gasteiger charge is 2.11. The molecule has 0 aromatic carbocycles. The molecule has 0 radical (unpaired) electrons. The molecule has 0 unspecified atom stereocenters. The van der Waals surface area contributed by atoms with Crippen LogP contribution < -0.4 is 5.56 Å². The molecule has 2 aromatic rings. The standard InChI is InChI=1S/C12H13N3O3/c1-9-2-3-10(12(17)18)11(16)15(9)7-6-14-5-4-13-8-14/h2-5,8H,6-7H2,1H3,(H,17,18). The van der Waals surface area contributed by atoms with Crippen molar-refractivity contribution >= 4 is 5.97 Å². The highest BCUT2D eigenvalue weighted by atomic mass is 16.4. The predicted molar refractivity (Wildman–Crippen MR) is 64.6 cm³/mol. The number of pyridine rings is 1. The normalized spacial score (nSPS) is 10.5. The number of hydrogen-bond donors (Lipinski definition) is 1. The van der Waals surface area contributed by atoms with Crippen molar-refractivity contribution in [3.63, 3.8) is 0 Å². The summed E-state index contributed by atoms with van der Waals surface area (Å²) in [4.78, 5) is 26.7. The average molecular weight is 247 g/mol. The van der Waals surface area contributed by atoms with Gasteiger partial charge in [-0.05, 0) is 19.1 Å². The van der Waals surface area contributed by atoms with Crippen molar-refractivity contribution < 1.29 is 9.90 Å². The lowest BCUT2D eigenvalue weighted by atomic mass is 10.2. The second-order valence-electron chi connectivity index (χ2n) is 3.95. The summed E-state index contributed by atoms with van der Waals surface area (Å²) in [5.74, 6) is -1.20. The number of aryl methyl sites for hydroxylation is 2. The zero-order chi connectivity index (χ0) is 13.1. The summed E-state index contributed by atoms with van der Waals surface area (Å²) in [6, 6.07) is 2.98. The highest BCUT2D eigenvalue weighted by molar-refractivity contribution is 5.87. The SMILES string of the molecule is Cc1ccc(C(=O)O)c(=O)n1CCn1ccnc1. The number of nitrogens with zero attached hydrogens (tertiary/aromatic N) is 3. The van der Waals surface area contributed by atoms with Gasteiger partial charge in [0.25, 0.3) is 5.56 Å². The van der Waals surface area contributed by atoms with E-state index < -0.39 is 11.5 Å². The van der Waals surface area contributed by atoms with Gasteiger partial charge in [-0.15, -0.1) is 0 Å². The first-order chi connectivity index (χ1) is 8.59. The van der Waals surface area contributed by atoms with Crippen molar-refractivity contribution in [1.82, 2.24) is 14.1 Å². The molecule has 0 aliphatic heterocycles. The maximum Gasteiger partial charge on any atom is 0.341 e. The zero-order valence-electron chi connectivity index (χ0n) is 9.91. The molecular formula is C12H13N3O3. The highest BCUT2D eigenvalue weighted by Crippen LogP contribution is 2.00. The molecule has 0 bridgehead atoms. The summed E-state index contributed by atoms with van der Waals surface area (Å²) in [5, 5.41) is 8.90. The quantitative estimate of drug-likeness (QED) is 0.865. The van der Waals surface area contributed by atoms with Crippen molar-refractivity contribution in [3.05, 3.63) is 52.5 Å². The Morgan fingerprint density at radius 2 is 2.17 bits per heavy atom. The molecule has 18 heavy (non-hydrogen) atoms. The van der Waals surface area contributed by atoms with Crippen LogP contribution in [0.5, 0.6) is 0 Å². The van der Waals surface area contributed by atoms with Gasteiger partial charge >= 0.3 is 5.97 Å². The molecule has 6 heteroatoms. The molecular weight excluding hydrogens is 234 g/mol. The molecule has 2 rings (SSSR count). The predicted octanol–water partition coefficient (Wildman–Crippen LogP) is 0.752. The van der Waals surface area contributed by atoms with Gasteiger partial charge in [-0.2, -0.15) is 0 Å². The van der Waals surface area contributed by atoms with Crippen LogP contribution in [0.2, 0.25) is 0 Å². The van der Waals surface area contributed by atoms with Gasteiger partial charge in [0, 0.05) is 31.2 Å². The Morgan fingerprint density at radius 3 is 2.78 bits per heavy atom. The lowest BCUT2D eigenvalue weighted by Gasteiger charge is -2.10. The fraction of sp³-hybridized carbons (Fsp3) is 0.250. The van der Waals surface area contributed by atoms with Gasteiger partial charge in [0.2, 0.25) is 0 Å². The molecule has 0 saturated heterocycles. The summed E-state index contributed by atoms with van der Waals surface area (Å²) < 4.78 is 3.29. The Morgan fingerprint density at radius 1 is 1.39 bits per heavy atom. The number of aromatic carboxylic acids is 1. The third kappa shape index (κ3) is 2.32. The molecule has 0 amide bonds. The van der Waals surface area contributed by atoms with Gasteiger partial charge in [0.05, 0.1) is 6.33 Å². The Bertz CT molecular complexity index is 614. The third-order valence-electron chi connectivity index (χ3n) is 2.76. The summed E-state index contributed by atoms with van der Waals surface area (Å²) in [6.45, 7) is 2.77. The Labute approximate surface area is 103 Å². The summed E-state index contributed by atoms with van der Waals surface area (Å²) >= 11 is 0. The number of carboxylic acid groups (broad SMARTS) is 1. The van der Waals surface area contributed by atoms with Crippen LogP contribution in [0.3, 0.4) is 0 Å².